The van der Waals surface area contributed by atoms with E-state index in [0.717, 1.165) is 9.87 Å². The summed E-state index contributed by atoms with van der Waals surface area (Å²) >= 11 is 0. The van der Waals surface area contributed by atoms with Crippen LogP contribution < -0.4 is 9.62 Å². The molecule has 0 radical (unpaired) electrons. The number of benzene rings is 3. The van der Waals surface area contributed by atoms with E-state index in [4.69, 9.17) is 0 Å². The quantitative estimate of drug-likeness (QED) is 0.428. The Hall–Kier alpha value is -3.72. The van der Waals surface area contributed by atoms with Crippen LogP contribution in [0, 0.1) is 5.82 Å². The van der Waals surface area contributed by atoms with Crippen molar-refractivity contribution < 1.29 is 22.4 Å². The van der Waals surface area contributed by atoms with Crippen LogP contribution in [-0.4, -0.2) is 44.8 Å². The van der Waals surface area contributed by atoms with E-state index in [2.05, 4.69) is 5.32 Å². The van der Waals surface area contributed by atoms with Gasteiger partial charge in [0.1, 0.15) is 18.4 Å². The first kappa shape index (κ1) is 27.9. The lowest BCUT2D eigenvalue weighted by Gasteiger charge is -2.32. The number of nitrogens with one attached hydrogen (secondary N) is 1. The Morgan fingerprint density at radius 2 is 1.49 bits per heavy atom. The van der Waals surface area contributed by atoms with Crippen LogP contribution in [0.4, 0.5) is 10.1 Å². The molecule has 37 heavy (non-hydrogen) atoms. The minimum atomic E-state index is -4.14. The molecule has 3 aromatic carbocycles. The van der Waals surface area contributed by atoms with Crippen molar-refractivity contribution in [2.45, 2.75) is 44.2 Å². The first-order valence-electron chi connectivity index (χ1n) is 12.0. The van der Waals surface area contributed by atoms with Crippen LogP contribution in [0.3, 0.4) is 0 Å². The van der Waals surface area contributed by atoms with E-state index in [1.807, 2.05) is 26.0 Å². The minimum Gasteiger partial charge on any atom is -0.357 e. The summed E-state index contributed by atoms with van der Waals surface area (Å²) in [5, 5.41) is 2.50. The number of nitrogens with zero attached hydrogens (tertiary/aromatic N) is 2. The SMILES string of the molecule is CNC(=O)C(C)N(Cc1ccccc1F)C(=O)CN(c1ccc(C(C)C)cc1)S(=O)(=O)c1ccccc1. The molecule has 0 fully saturated rings. The van der Waals surface area contributed by atoms with E-state index < -0.39 is 40.2 Å². The second-order valence-corrected chi connectivity index (χ2v) is 10.8. The average molecular weight is 526 g/mol. The van der Waals surface area contributed by atoms with E-state index in [9.17, 15) is 22.4 Å². The van der Waals surface area contributed by atoms with Gasteiger partial charge in [-0.15, -0.1) is 0 Å². The zero-order valence-electron chi connectivity index (χ0n) is 21.4. The van der Waals surface area contributed by atoms with Crippen LogP contribution in [-0.2, 0) is 26.2 Å². The maximum atomic E-state index is 14.5. The molecule has 0 aliphatic rings. The van der Waals surface area contributed by atoms with Gasteiger partial charge in [-0.05, 0) is 48.7 Å². The molecule has 1 atom stereocenters. The summed E-state index contributed by atoms with van der Waals surface area (Å²) in [5.74, 6) is -1.39. The normalized spacial score (nSPS) is 12.2. The van der Waals surface area contributed by atoms with Crippen LogP contribution in [0.2, 0.25) is 0 Å². The Labute approximate surface area is 218 Å². The highest BCUT2D eigenvalue weighted by atomic mass is 32.2. The molecule has 0 aliphatic heterocycles. The number of carbonyl (C=O) groups is 2. The molecule has 2 amide bonds. The smallest absolute Gasteiger partial charge is 0.264 e. The zero-order valence-corrected chi connectivity index (χ0v) is 22.2. The van der Waals surface area contributed by atoms with E-state index >= 15 is 0 Å². The van der Waals surface area contributed by atoms with Crippen molar-refractivity contribution in [2.24, 2.45) is 0 Å². The van der Waals surface area contributed by atoms with Crippen LogP contribution in [0.1, 0.15) is 37.8 Å². The van der Waals surface area contributed by atoms with Gasteiger partial charge in [0, 0.05) is 19.2 Å². The second kappa shape index (κ2) is 12.0. The third-order valence-electron chi connectivity index (χ3n) is 6.17. The van der Waals surface area contributed by atoms with Gasteiger partial charge in [0.15, 0.2) is 0 Å². The summed E-state index contributed by atoms with van der Waals surface area (Å²) in [7, 11) is -2.70. The first-order chi connectivity index (χ1) is 17.6. The highest BCUT2D eigenvalue weighted by molar-refractivity contribution is 7.92. The van der Waals surface area contributed by atoms with Crippen LogP contribution >= 0.6 is 0 Å². The Bertz CT molecular complexity index is 1330. The van der Waals surface area contributed by atoms with Gasteiger partial charge in [-0.25, -0.2) is 12.8 Å². The zero-order chi connectivity index (χ0) is 27.2. The van der Waals surface area contributed by atoms with Gasteiger partial charge >= 0.3 is 0 Å². The predicted octanol–water partition coefficient (Wildman–Crippen LogP) is 4.31. The first-order valence-corrected chi connectivity index (χ1v) is 13.4. The van der Waals surface area contributed by atoms with Gasteiger partial charge in [0.25, 0.3) is 10.0 Å². The maximum absolute atomic E-state index is 14.5. The van der Waals surface area contributed by atoms with Gasteiger partial charge in [-0.2, -0.15) is 0 Å². The van der Waals surface area contributed by atoms with Crippen molar-refractivity contribution in [1.82, 2.24) is 10.2 Å². The summed E-state index contributed by atoms with van der Waals surface area (Å²) in [5.41, 5.74) is 1.53. The van der Waals surface area contributed by atoms with E-state index in [-0.39, 0.29) is 22.9 Å². The number of carbonyl (C=O) groups excluding carboxylic acids is 2. The summed E-state index contributed by atoms with van der Waals surface area (Å²) in [6, 6.07) is 19.8. The fourth-order valence-electron chi connectivity index (χ4n) is 3.88. The molecule has 1 unspecified atom stereocenters. The average Bonchev–Trinajstić information content (AvgIpc) is 2.90. The summed E-state index contributed by atoms with van der Waals surface area (Å²) in [6.07, 6.45) is 0. The molecule has 0 spiro atoms. The molecule has 0 bridgehead atoms. The topological polar surface area (TPSA) is 86.8 Å². The Morgan fingerprint density at radius 3 is 2.05 bits per heavy atom. The number of hydrogen-bond donors (Lipinski definition) is 1. The number of likely N-dealkylation sites (N-methyl/N-ethyl adjacent to an activating group) is 1. The lowest BCUT2D eigenvalue weighted by Crippen LogP contribution is -2.50. The number of halogens is 1. The molecule has 3 rings (SSSR count). The molecular weight excluding hydrogens is 493 g/mol. The molecule has 0 saturated heterocycles. The van der Waals surface area contributed by atoms with Crippen molar-refractivity contribution in [3.05, 3.63) is 95.8 Å². The predicted molar refractivity (Wildman–Crippen MR) is 142 cm³/mol. The highest BCUT2D eigenvalue weighted by Crippen LogP contribution is 2.26. The fraction of sp³-hybridized carbons (Fsp3) is 0.286. The standard InChI is InChI=1S/C28H32FN3O4S/c1-20(2)22-14-16-24(17-15-22)32(37(35,36)25-11-6-5-7-12-25)19-27(33)31(21(3)28(34)30-4)18-23-10-8-9-13-26(23)29/h5-17,20-21H,18-19H2,1-4H3,(H,30,34). The van der Waals surface area contributed by atoms with E-state index in [1.165, 1.54) is 49.2 Å². The van der Waals surface area contributed by atoms with Gasteiger partial charge < -0.3 is 10.2 Å². The second-order valence-electron chi connectivity index (χ2n) is 8.97. The van der Waals surface area contributed by atoms with Crippen LogP contribution in [0.5, 0.6) is 0 Å². The molecule has 7 nitrogen and oxygen atoms in total. The molecule has 0 saturated carbocycles. The lowest BCUT2D eigenvalue weighted by molar-refractivity contribution is -0.139. The van der Waals surface area contributed by atoms with Crippen molar-refractivity contribution >= 4 is 27.5 Å². The number of amides is 2. The molecule has 0 aromatic heterocycles. The fourth-order valence-corrected chi connectivity index (χ4v) is 5.31. The van der Waals surface area contributed by atoms with Crippen molar-refractivity contribution in [2.75, 3.05) is 17.9 Å². The highest BCUT2D eigenvalue weighted by Gasteiger charge is 2.32. The molecule has 9 heteroatoms. The minimum absolute atomic E-state index is 0.0238. The number of sulfonamides is 1. The monoisotopic (exact) mass is 525 g/mol. The Kier molecular flexibility index (Phi) is 9.04. The van der Waals surface area contributed by atoms with Gasteiger partial charge in [-0.1, -0.05) is 62.4 Å². The largest absolute Gasteiger partial charge is 0.357 e. The van der Waals surface area contributed by atoms with Gasteiger partial charge in [-0.3, -0.25) is 13.9 Å². The molecule has 0 heterocycles. The summed E-state index contributed by atoms with van der Waals surface area (Å²) in [6.45, 7) is 4.79. The molecule has 0 aliphatic carbocycles. The van der Waals surface area contributed by atoms with Gasteiger partial charge in [0.2, 0.25) is 11.8 Å². The van der Waals surface area contributed by atoms with Crippen LogP contribution in [0.25, 0.3) is 0 Å². The number of rotatable bonds is 10. The molecule has 1 N–H and O–H groups in total. The number of hydrogen-bond acceptors (Lipinski definition) is 4. The summed E-state index contributed by atoms with van der Waals surface area (Å²) in [4.78, 5) is 27.4. The molecule has 196 valence electrons. The Morgan fingerprint density at radius 1 is 0.892 bits per heavy atom. The third kappa shape index (κ3) is 6.54. The molecular formula is C28H32FN3O4S. The third-order valence-corrected chi connectivity index (χ3v) is 7.96. The van der Waals surface area contributed by atoms with E-state index in [1.54, 1.807) is 36.4 Å². The van der Waals surface area contributed by atoms with Gasteiger partial charge in [0.05, 0.1) is 10.6 Å². The number of anilines is 1. The Balaban J connectivity index is 2.04. The van der Waals surface area contributed by atoms with Crippen molar-refractivity contribution in [1.29, 1.82) is 0 Å². The van der Waals surface area contributed by atoms with Crippen molar-refractivity contribution in [3.63, 3.8) is 0 Å². The maximum Gasteiger partial charge on any atom is 0.264 e. The summed E-state index contributed by atoms with van der Waals surface area (Å²) < 4.78 is 42.9. The van der Waals surface area contributed by atoms with E-state index in [0.29, 0.717) is 5.69 Å². The lowest BCUT2D eigenvalue weighted by atomic mass is 10.0. The molecule has 3 aromatic rings. The van der Waals surface area contributed by atoms with Crippen molar-refractivity contribution in [3.8, 4) is 0 Å². The van der Waals surface area contributed by atoms with Crippen LogP contribution in [0.15, 0.2) is 83.8 Å².